The van der Waals surface area contributed by atoms with E-state index in [0.717, 1.165) is 22.0 Å². The van der Waals surface area contributed by atoms with Crippen LogP contribution >= 0.6 is 0 Å². The molecule has 6 nitrogen and oxygen atoms in total. The van der Waals surface area contributed by atoms with Crippen LogP contribution < -0.4 is 14.4 Å². The second-order valence-electron chi connectivity index (χ2n) is 8.70. The Labute approximate surface area is 222 Å². The van der Waals surface area contributed by atoms with E-state index in [1.165, 1.54) is 4.31 Å². The lowest BCUT2D eigenvalue weighted by atomic mass is 10.1. The van der Waals surface area contributed by atoms with Gasteiger partial charge in [-0.25, -0.2) is 8.42 Å². The summed E-state index contributed by atoms with van der Waals surface area (Å²) < 4.78 is 33.8. The van der Waals surface area contributed by atoms with Crippen molar-refractivity contribution in [3.63, 3.8) is 0 Å². The first-order chi connectivity index (χ1) is 18.5. The molecule has 0 aromatic heterocycles. The normalized spacial score (nSPS) is 11.2. The minimum absolute atomic E-state index is 0.0920. The van der Waals surface area contributed by atoms with E-state index >= 15 is 0 Å². The van der Waals surface area contributed by atoms with E-state index < -0.39 is 10.0 Å². The van der Waals surface area contributed by atoms with E-state index in [-0.39, 0.29) is 17.3 Å². The van der Waals surface area contributed by atoms with Crippen LogP contribution in [0.5, 0.6) is 5.75 Å². The molecule has 0 aliphatic carbocycles. The van der Waals surface area contributed by atoms with E-state index in [9.17, 15) is 13.2 Å². The van der Waals surface area contributed by atoms with Gasteiger partial charge in [0.25, 0.3) is 15.9 Å². The summed E-state index contributed by atoms with van der Waals surface area (Å²) in [5.41, 5.74) is 2.45. The van der Waals surface area contributed by atoms with Gasteiger partial charge < -0.3 is 10.1 Å². The van der Waals surface area contributed by atoms with Gasteiger partial charge in [-0.2, -0.15) is 0 Å². The average Bonchev–Trinajstić information content (AvgIpc) is 2.97. The maximum Gasteiger partial charge on any atom is 0.264 e. The Hall–Kier alpha value is -4.62. The third kappa shape index (κ3) is 5.23. The molecular weight excluding hydrogens is 496 g/mol. The van der Waals surface area contributed by atoms with Crippen LogP contribution in [-0.2, 0) is 16.6 Å². The number of rotatable bonds is 8. The Bertz CT molecular complexity index is 1660. The molecule has 1 N–H and O–H groups in total. The maximum atomic E-state index is 13.6. The summed E-state index contributed by atoms with van der Waals surface area (Å²) in [5.74, 6) is 0.393. The molecule has 0 saturated carbocycles. The lowest BCUT2D eigenvalue weighted by Gasteiger charge is -2.25. The number of hydrogen-bond acceptors (Lipinski definition) is 4. The smallest absolute Gasteiger partial charge is 0.264 e. The highest BCUT2D eigenvalue weighted by atomic mass is 32.2. The minimum atomic E-state index is -3.85. The monoisotopic (exact) mass is 522 g/mol. The van der Waals surface area contributed by atoms with E-state index in [1.807, 2.05) is 42.5 Å². The van der Waals surface area contributed by atoms with Gasteiger partial charge in [-0.1, -0.05) is 66.7 Å². The van der Waals surface area contributed by atoms with Gasteiger partial charge in [0.15, 0.2) is 0 Å². The third-order valence-electron chi connectivity index (χ3n) is 6.27. The standard InChI is InChI=1S/C31H26N2O4S/c1-37-27-20-18-26(19-21-27)33(38(35,36)28-10-3-2-4-11-28)22-23-14-16-25(17-15-23)31(34)32-30-13-7-9-24-8-5-6-12-29(24)30/h2-21H,22H2,1H3,(H,32,34). The first-order valence-corrected chi connectivity index (χ1v) is 13.5. The lowest BCUT2D eigenvalue weighted by molar-refractivity contribution is 0.102. The topological polar surface area (TPSA) is 75.7 Å². The molecule has 5 rings (SSSR count). The predicted octanol–water partition coefficient (Wildman–Crippen LogP) is 6.50. The van der Waals surface area contributed by atoms with Gasteiger partial charge in [-0.05, 0) is 65.5 Å². The van der Waals surface area contributed by atoms with Gasteiger partial charge in [-0.3, -0.25) is 9.10 Å². The van der Waals surface area contributed by atoms with Crippen molar-refractivity contribution in [2.75, 3.05) is 16.7 Å². The summed E-state index contributed by atoms with van der Waals surface area (Å²) in [5, 5.41) is 4.99. The number of nitrogens with one attached hydrogen (secondary N) is 1. The molecule has 190 valence electrons. The number of methoxy groups -OCH3 is 1. The number of sulfonamides is 1. The second-order valence-corrected chi connectivity index (χ2v) is 10.6. The number of benzene rings is 5. The molecule has 0 unspecified atom stereocenters. The Morgan fingerprint density at radius 2 is 1.42 bits per heavy atom. The zero-order valence-corrected chi connectivity index (χ0v) is 21.6. The molecule has 0 aliphatic rings. The molecule has 0 atom stereocenters. The first kappa shape index (κ1) is 25.0. The fraction of sp³-hybridized carbons (Fsp3) is 0.0645. The number of hydrogen-bond donors (Lipinski definition) is 1. The zero-order chi connectivity index (χ0) is 26.5. The van der Waals surface area contributed by atoms with Gasteiger partial charge in [-0.15, -0.1) is 0 Å². The lowest BCUT2D eigenvalue weighted by Crippen LogP contribution is -2.30. The van der Waals surface area contributed by atoms with Crippen molar-refractivity contribution in [2.45, 2.75) is 11.4 Å². The van der Waals surface area contributed by atoms with E-state index in [0.29, 0.717) is 17.0 Å². The number of amides is 1. The molecule has 0 spiro atoms. The van der Waals surface area contributed by atoms with Gasteiger partial charge in [0.1, 0.15) is 5.75 Å². The fourth-order valence-corrected chi connectivity index (χ4v) is 5.71. The molecule has 0 heterocycles. The van der Waals surface area contributed by atoms with E-state index in [2.05, 4.69) is 5.32 Å². The number of anilines is 2. The van der Waals surface area contributed by atoms with Crippen molar-refractivity contribution < 1.29 is 17.9 Å². The molecule has 5 aromatic rings. The molecule has 7 heteroatoms. The summed E-state index contributed by atoms with van der Waals surface area (Å²) in [6.45, 7) is 0.0920. The van der Waals surface area contributed by atoms with Gasteiger partial charge in [0.2, 0.25) is 0 Å². The Morgan fingerprint density at radius 1 is 0.763 bits per heavy atom. The SMILES string of the molecule is COc1ccc(N(Cc2ccc(C(=O)Nc3cccc4ccccc34)cc2)S(=O)(=O)c2ccccc2)cc1. The van der Waals surface area contributed by atoms with Crippen molar-refractivity contribution in [1.82, 2.24) is 0 Å². The van der Waals surface area contributed by atoms with Crippen molar-refractivity contribution in [2.24, 2.45) is 0 Å². The molecule has 38 heavy (non-hydrogen) atoms. The van der Waals surface area contributed by atoms with Crippen LogP contribution in [0.15, 0.2) is 126 Å². The predicted molar refractivity (Wildman–Crippen MR) is 151 cm³/mol. The van der Waals surface area contributed by atoms with Crippen LogP contribution in [0.2, 0.25) is 0 Å². The molecule has 5 aromatic carbocycles. The summed E-state index contributed by atoms with van der Waals surface area (Å²) >= 11 is 0. The molecule has 0 bridgehead atoms. The number of fused-ring (bicyclic) bond motifs is 1. The molecule has 0 saturated heterocycles. The highest BCUT2D eigenvalue weighted by molar-refractivity contribution is 7.92. The second kappa shape index (κ2) is 10.8. The number of carbonyl (C=O) groups excluding carboxylic acids is 1. The Kier molecular flexibility index (Phi) is 7.11. The summed E-state index contributed by atoms with van der Waals surface area (Å²) in [7, 11) is -2.29. The minimum Gasteiger partial charge on any atom is -0.497 e. The van der Waals surface area contributed by atoms with Crippen molar-refractivity contribution in [3.8, 4) is 5.75 Å². The Morgan fingerprint density at radius 3 is 2.13 bits per heavy atom. The Balaban J connectivity index is 1.40. The van der Waals surface area contributed by atoms with E-state index in [4.69, 9.17) is 4.74 Å². The summed E-state index contributed by atoms with van der Waals surface area (Å²) in [6, 6.07) is 35.8. The van der Waals surface area contributed by atoms with Crippen molar-refractivity contribution in [1.29, 1.82) is 0 Å². The maximum absolute atomic E-state index is 13.6. The fourth-order valence-electron chi connectivity index (χ4n) is 4.24. The highest BCUT2D eigenvalue weighted by Crippen LogP contribution is 2.28. The largest absolute Gasteiger partial charge is 0.497 e. The van der Waals surface area contributed by atoms with Crippen LogP contribution in [0, 0.1) is 0 Å². The molecule has 0 radical (unpaired) electrons. The molecule has 1 amide bonds. The van der Waals surface area contributed by atoms with Crippen LogP contribution in [-0.4, -0.2) is 21.4 Å². The van der Waals surface area contributed by atoms with Gasteiger partial charge in [0.05, 0.1) is 24.2 Å². The third-order valence-corrected chi connectivity index (χ3v) is 8.06. The van der Waals surface area contributed by atoms with Crippen LogP contribution in [0.25, 0.3) is 10.8 Å². The van der Waals surface area contributed by atoms with E-state index in [1.54, 1.807) is 86.0 Å². The van der Waals surface area contributed by atoms with Gasteiger partial charge >= 0.3 is 0 Å². The van der Waals surface area contributed by atoms with Gasteiger partial charge in [0, 0.05) is 16.6 Å². The molecule has 0 fully saturated rings. The van der Waals surface area contributed by atoms with Crippen molar-refractivity contribution in [3.05, 3.63) is 132 Å². The first-order valence-electron chi connectivity index (χ1n) is 12.1. The quantitative estimate of drug-likeness (QED) is 0.253. The highest BCUT2D eigenvalue weighted by Gasteiger charge is 2.25. The zero-order valence-electron chi connectivity index (χ0n) is 20.7. The number of carbonyl (C=O) groups is 1. The summed E-state index contributed by atoms with van der Waals surface area (Å²) in [6.07, 6.45) is 0. The van der Waals surface area contributed by atoms with Crippen LogP contribution in [0.4, 0.5) is 11.4 Å². The summed E-state index contributed by atoms with van der Waals surface area (Å²) in [4.78, 5) is 13.2. The van der Waals surface area contributed by atoms with Crippen molar-refractivity contribution >= 4 is 38.1 Å². The average molecular weight is 523 g/mol. The van der Waals surface area contributed by atoms with Crippen LogP contribution in [0.3, 0.4) is 0 Å². The molecule has 0 aliphatic heterocycles. The number of ether oxygens (including phenoxy) is 1. The molecular formula is C31H26N2O4S. The van der Waals surface area contributed by atoms with Crippen LogP contribution in [0.1, 0.15) is 15.9 Å². The number of nitrogens with zero attached hydrogens (tertiary/aromatic N) is 1.